The molecule has 0 amide bonds. The molecule has 4 bridgehead atoms. The minimum Gasteiger partial charge on any atom is -0.481 e. The van der Waals surface area contributed by atoms with E-state index >= 15 is 0 Å². The van der Waals surface area contributed by atoms with Crippen LogP contribution in [0.25, 0.3) is 0 Å². The van der Waals surface area contributed by atoms with Crippen LogP contribution in [0.2, 0.25) is 5.02 Å². The van der Waals surface area contributed by atoms with E-state index in [2.05, 4.69) is 33.5 Å². The normalized spacial score (nSPS) is 24.0. The maximum absolute atomic E-state index is 6.13. The summed E-state index contributed by atoms with van der Waals surface area (Å²) >= 11 is 6.13. The number of rotatable bonds is 0. The summed E-state index contributed by atoms with van der Waals surface area (Å²) in [6.45, 7) is 6.37. The van der Waals surface area contributed by atoms with Gasteiger partial charge in [0.05, 0.1) is 18.1 Å². The third-order valence-electron chi connectivity index (χ3n) is 3.83. The number of nitrogens with zero attached hydrogens (tertiary/aromatic N) is 2. The summed E-state index contributed by atoms with van der Waals surface area (Å²) < 4.78 is 11.3. The summed E-state index contributed by atoms with van der Waals surface area (Å²) in [6.07, 6.45) is 0. The summed E-state index contributed by atoms with van der Waals surface area (Å²) in [5.74, 6) is 13.7. The second-order valence-electron chi connectivity index (χ2n) is 5.43. The van der Waals surface area contributed by atoms with Crippen LogP contribution in [0.4, 0.5) is 0 Å². The lowest BCUT2D eigenvalue weighted by atomic mass is 10.3. The van der Waals surface area contributed by atoms with Crippen molar-refractivity contribution in [1.29, 1.82) is 0 Å². The molecule has 0 N–H and O–H groups in total. The SMILES string of the molecule is Clc1ccc2cc1OCC#CCN1CCN(CC#CCO2)CC1. The molecule has 0 unspecified atom stereocenters. The van der Waals surface area contributed by atoms with E-state index in [1.807, 2.05) is 6.07 Å². The van der Waals surface area contributed by atoms with E-state index in [4.69, 9.17) is 21.1 Å². The Bertz CT molecular complexity index is 661. The first kappa shape index (κ1) is 16.0. The van der Waals surface area contributed by atoms with Crippen LogP contribution in [-0.2, 0) is 0 Å². The molecule has 1 fully saturated rings. The molecule has 3 aliphatic heterocycles. The molecule has 0 aromatic heterocycles. The molecule has 0 saturated carbocycles. The molecule has 23 heavy (non-hydrogen) atoms. The first-order valence-corrected chi connectivity index (χ1v) is 8.10. The minimum atomic E-state index is 0.322. The highest BCUT2D eigenvalue weighted by Gasteiger charge is 2.14. The van der Waals surface area contributed by atoms with Crippen LogP contribution in [0, 0.1) is 23.7 Å². The zero-order valence-electron chi connectivity index (χ0n) is 13.0. The van der Waals surface area contributed by atoms with Crippen molar-refractivity contribution in [2.24, 2.45) is 0 Å². The van der Waals surface area contributed by atoms with Gasteiger partial charge in [-0.2, -0.15) is 0 Å². The summed E-state index contributed by atoms with van der Waals surface area (Å²) in [6, 6.07) is 5.36. The van der Waals surface area contributed by atoms with Crippen LogP contribution in [0.5, 0.6) is 11.5 Å². The fraction of sp³-hybridized carbons (Fsp3) is 0.444. The molecular formula is C18H19ClN2O2. The van der Waals surface area contributed by atoms with Crippen molar-refractivity contribution in [3.63, 3.8) is 0 Å². The van der Waals surface area contributed by atoms with Gasteiger partial charge in [0, 0.05) is 32.2 Å². The maximum Gasteiger partial charge on any atom is 0.149 e. The quantitative estimate of drug-likeness (QED) is 0.677. The van der Waals surface area contributed by atoms with Crippen molar-refractivity contribution in [3.05, 3.63) is 23.2 Å². The van der Waals surface area contributed by atoms with Gasteiger partial charge in [-0.05, 0) is 12.1 Å². The highest BCUT2D eigenvalue weighted by atomic mass is 35.5. The zero-order valence-corrected chi connectivity index (χ0v) is 13.7. The Hall–Kier alpha value is -1.85. The molecule has 0 atom stereocenters. The minimum absolute atomic E-state index is 0.322. The van der Waals surface area contributed by atoms with Gasteiger partial charge in [-0.25, -0.2) is 0 Å². The lowest BCUT2D eigenvalue weighted by Gasteiger charge is -2.32. The van der Waals surface area contributed by atoms with E-state index in [1.165, 1.54) is 0 Å². The molecule has 3 heterocycles. The van der Waals surface area contributed by atoms with Crippen LogP contribution < -0.4 is 9.47 Å². The van der Waals surface area contributed by atoms with E-state index in [1.54, 1.807) is 12.1 Å². The molecule has 0 radical (unpaired) electrons. The van der Waals surface area contributed by atoms with Crippen molar-refractivity contribution in [3.8, 4) is 35.2 Å². The van der Waals surface area contributed by atoms with Crippen LogP contribution in [-0.4, -0.2) is 62.3 Å². The first-order chi connectivity index (χ1) is 11.3. The molecule has 4 nitrogen and oxygen atoms in total. The second-order valence-corrected chi connectivity index (χ2v) is 5.84. The Morgan fingerprint density at radius 1 is 0.826 bits per heavy atom. The lowest BCUT2D eigenvalue weighted by Crippen LogP contribution is -2.46. The summed E-state index contributed by atoms with van der Waals surface area (Å²) in [5, 5.41) is 0.554. The predicted octanol–water partition coefficient (Wildman–Crippen LogP) is 1.74. The molecular weight excluding hydrogens is 312 g/mol. The predicted molar refractivity (Wildman–Crippen MR) is 90.9 cm³/mol. The van der Waals surface area contributed by atoms with Crippen LogP contribution in [0.1, 0.15) is 0 Å². The number of halogens is 1. The summed E-state index contributed by atoms with van der Waals surface area (Å²) in [7, 11) is 0. The highest BCUT2D eigenvalue weighted by Crippen LogP contribution is 2.28. The van der Waals surface area contributed by atoms with Gasteiger partial charge in [-0.3, -0.25) is 9.80 Å². The Kier molecular flexibility index (Phi) is 5.66. The Morgan fingerprint density at radius 3 is 2.09 bits per heavy atom. The zero-order chi connectivity index (χ0) is 15.9. The standard InChI is InChI=1S/C18H19ClN2O2/c19-17-6-5-16-15-18(17)23-14-4-2-8-21-11-9-20(10-12-21)7-1-3-13-22-16/h5-6,15H,7-14H2. The largest absolute Gasteiger partial charge is 0.481 e. The van der Waals surface area contributed by atoms with Crippen LogP contribution in [0.15, 0.2) is 18.2 Å². The van der Waals surface area contributed by atoms with Gasteiger partial charge in [-0.15, -0.1) is 0 Å². The number of fused-ring (bicyclic) bond motifs is 8. The third-order valence-corrected chi connectivity index (χ3v) is 4.15. The molecule has 4 rings (SSSR count). The van der Waals surface area contributed by atoms with Crippen molar-refractivity contribution in [1.82, 2.24) is 9.80 Å². The Morgan fingerprint density at radius 2 is 1.43 bits per heavy atom. The molecule has 5 heteroatoms. The monoisotopic (exact) mass is 330 g/mol. The highest BCUT2D eigenvalue weighted by molar-refractivity contribution is 6.32. The average Bonchev–Trinajstić information content (AvgIpc) is 2.57. The van der Waals surface area contributed by atoms with Gasteiger partial charge >= 0.3 is 0 Å². The fourth-order valence-corrected chi connectivity index (χ4v) is 2.63. The smallest absolute Gasteiger partial charge is 0.149 e. The first-order valence-electron chi connectivity index (χ1n) is 7.72. The van der Waals surface area contributed by atoms with E-state index in [9.17, 15) is 0 Å². The number of benzene rings is 1. The van der Waals surface area contributed by atoms with Crippen molar-refractivity contribution in [2.75, 3.05) is 52.5 Å². The number of ether oxygens (including phenoxy) is 2. The Labute approximate surface area is 142 Å². The lowest BCUT2D eigenvalue weighted by molar-refractivity contribution is 0.157. The average molecular weight is 331 g/mol. The number of hydrogen-bond acceptors (Lipinski definition) is 4. The molecule has 1 aromatic rings. The fourth-order valence-electron chi connectivity index (χ4n) is 2.46. The number of hydrogen-bond donors (Lipinski definition) is 0. The number of piperazine rings is 1. The topological polar surface area (TPSA) is 24.9 Å². The Balaban J connectivity index is 1.72. The van der Waals surface area contributed by atoms with Gasteiger partial charge in [0.25, 0.3) is 0 Å². The van der Waals surface area contributed by atoms with Gasteiger partial charge in [-0.1, -0.05) is 35.3 Å². The van der Waals surface area contributed by atoms with Gasteiger partial charge < -0.3 is 9.47 Å². The van der Waals surface area contributed by atoms with Crippen molar-refractivity contribution >= 4 is 11.6 Å². The second kappa shape index (κ2) is 8.13. The molecule has 120 valence electrons. The van der Waals surface area contributed by atoms with E-state index < -0.39 is 0 Å². The van der Waals surface area contributed by atoms with Gasteiger partial charge in [0.1, 0.15) is 24.7 Å². The molecule has 1 aromatic carbocycles. The third kappa shape index (κ3) is 4.81. The molecule has 0 spiro atoms. The van der Waals surface area contributed by atoms with E-state index in [-0.39, 0.29) is 0 Å². The van der Waals surface area contributed by atoms with E-state index in [0.717, 1.165) is 39.3 Å². The van der Waals surface area contributed by atoms with Crippen LogP contribution in [0.3, 0.4) is 0 Å². The summed E-state index contributed by atoms with van der Waals surface area (Å²) in [4.78, 5) is 4.71. The molecule has 3 aliphatic rings. The summed E-state index contributed by atoms with van der Waals surface area (Å²) in [5.41, 5.74) is 0. The molecule has 0 aliphatic carbocycles. The van der Waals surface area contributed by atoms with Crippen molar-refractivity contribution in [2.45, 2.75) is 0 Å². The van der Waals surface area contributed by atoms with E-state index in [0.29, 0.717) is 29.7 Å². The van der Waals surface area contributed by atoms with Gasteiger partial charge in [0.2, 0.25) is 0 Å². The molecule has 1 saturated heterocycles. The van der Waals surface area contributed by atoms with Gasteiger partial charge in [0.15, 0.2) is 0 Å². The maximum atomic E-state index is 6.13. The van der Waals surface area contributed by atoms with Crippen molar-refractivity contribution < 1.29 is 9.47 Å². The van der Waals surface area contributed by atoms with Crippen LogP contribution >= 0.6 is 11.6 Å².